The summed E-state index contributed by atoms with van der Waals surface area (Å²) in [5.74, 6) is 0. The summed E-state index contributed by atoms with van der Waals surface area (Å²) >= 11 is 0. The van der Waals surface area contributed by atoms with Crippen molar-refractivity contribution in [3.8, 4) is 11.4 Å². The van der Waals surface area contributed by atoms with Gasteiger partial charge in [-0.3, -0.25) is 5.41 Å². The Bertz CT molecular complexity index is 3110. The van der Waals surface area contributed by atoms with Gasteiger partial charge in [-0.05, 0) is 66.2 Å². The summed E-state index contributed by atoms with van der Waals surface area (Å²) in [6.45, 7) is 2.13. The number of nitrogens with one attached hydrogen (secondary N) is 1. The molecule has 0 spiro atoms. The number of aryl methyl sites for hydroxylation is 1. The number of hydrogen-bond donors (Lipinski definition) is 2. The number of para-hydroxylation sites is 3. The Hall–Kier alpha value is -7.69. The molecule has 11 rings (SSSR count). The van der Waals surface area contributed by atoms with Gasteiger partial charge in [-0.2, -0.15) is 0 Å². The van der Waals surface area contributed by atoms with Crippen LogP contribution in [-0.4, -0.2) is 14.8 Å². The van der Waals surface area contributed by atoms with Gasteiger partial charge in [0.15, 0.2) is 0 Å². The molecule has 0 aliphatic rings. The molecule has 4 heteroatoms. The fraction of sp³-hybridized carbons (Fsp3) is 0.0185. The molecule has 4 nitrogen and oxygen atoms in total. The van der Waals surface area contributed by atoms with E-state index in [-0.39, 0.29) is 0 Å². The summed E-state index contributed by atoms with van der Waals surface area (Å²) in [5.41, 5.74) is 17.4. The minimum Gasteiger partial charge on any atom is -0.398 e. The van der Waals surface area contributed by atoms with Crippen molar-refractivity contribution in [2.24, 2.45) is 0 Å². The van der Waals surface area contributed by atoms with Crippen LogP contribution < -0.4 is 5.73 Å². The van der Waals surface area contributed by atoms with Crippen molar-refractivity contribution in [1.82, 2.24) is 9.13 Å². The topological polar surface area (TPSA) is 59.7 Å². The van der Waals surface area contributed by atoms with E-state index in [1.807, 2.05) is 103 Å². The Balaban J connectivity index is 0.000000146. The summed E-state index contributed by atoms with van der Waals surface area (Å²) < 4.78 is 4.78. The standard InChI is InChI=1S/C31H22N2.C17H14N2.C6H6/c1-21-14-16-22(17-15-21)32-28-11-5-4-10-26(28)27-19-18-23(20-31(27)32)33-29-12-6-2-8-24(29)25-9-3-7-13-30(25)33;18-15-11-10-12-6-4-5-9-14(12)16(15)17(19)13-7-2-1-3-8-13;1-2-4-6-5-3-1/h2-20H,1H3;1-11,19H,18H2;1-6H. The van der Waals surface area contributed by atoms with Crippen LogP contribution in [0.25, 0.3) is 65.8 Å². The number of nitrogen functional groups attached to an aromatic ring is 1. The Morgan fingerprint density at radius 1 is 0.397 bits per heavy atom. The minimum atomic E-state index is 0.468. The molecule has 0 saturated carbocycles. The molecule has 0 amide bonds. The van der Waals surface area contributed by atoms with Crippen LogP contribution in [0.3, 0.4) is 0 Å². The fourth-order valence-corrected chi connectivity index (χ4v) is 7.97. The van der Waals surface area contributed by atoms with Crippen LogP contribution in [0.1, 0.15) is 16.7 Å². The van der Waals surface area contributed by atoms with Gasteiger partial charge >= 0.3 is 0 Å². The molecule has 0 unspecified atom stereocenters. The number of rotatable bonds is 4. The first-order valence-electron chi connectivity index (χ1n) is 19.6. The van der Waals surface area contributed by atoms with Crippen molar-refractivity contribution in [2.75, 3.05) is 5.73 Å². The van der Waals surface area contributed by atoms with Gasteiger partial charge in [0.05, 0.1) is 27.8 Å². The maximum absolute atomic E-state index is 8.41. The maximum atomic E-state index is 8.41. The first-order chi connectivity index (χ1) is 28.6. The van der Waals surface area contributed by atoms with Gasteiger partial charge in [-0.1, -0.05) is 175 Å². The second kappa shape index (κ2) is 15.8. The highest BCUT2D eigenvalue weighted by Gasteiger charge is 2.16. The van der Waals surface area contributed by atoms with Gasteiger partial charge in [-0.15, -0.1) is 0 Å². The van der Waals surface area contributed by atoms with E-state index < -0.39 is 0 Å². The Kier molecular flexibility index (Phi) is 9.81. The van der Waals surface area contributed by atoms with E-state index in [2.05, 4.69) is 131 Å². The van der Waals surface area contributed by atoms with Gasteiger partial charge in [0.1, 0.15) is 0 Å². The number of fused-ring (bicyclic) bond motifs is 7. The van der Waals surface area contributed by atoms with E-state index in [9.17, 15) is 0 Å². The lowest BCUT2D eigenvalue weighted by Gasteiger charge is -2.11. The third kappa shape index (κ3) is 6.78. The zero-order valence-corrected chi connectivity index (χ0v) is 32.3. The second-order valence-electron chi connectivity index (χ2n) is 14.4. The number of nitrogens with two attached hydrogens (primary N) is 1. The quantitative estimate of drug-likeness (QED) is 0.137. The predicted octanol–water partition coefficient (Wildman–Crippen LogP) is 13.7. The fourth-order valence-electron chi connectivity index (χ4n) is 7.97. The predicted molar refractivity (Wildman–Crippen MR) is 247 cm³/mol. The van der Waals surface area contributed by atoms with Crippen LogP contribution in [0.4, 0.5) is 5.69 Å². The van der Waals surface area contributed by atoms with E-state index in [0.717, 1.165) is 21.9 Å². The zero-order chi connectivity index (χ0) is 39.4. The molecule has 0 saturated heterocycles. The lowest BCUT2D eigenvalue weighted by Crippen LogP contribution is -2.06. The molecule has 9 aromatic carbocycles. The molecule has 3 N–H and O–H groups in total. The molecule has 0 aliphatic heterocycles. The third-order valence-corrected chi connectivity index (χ3v) is 10.7. The number of anilines is 1. The average Bonchev–Trinajstić information content (AvgIpc) is 3.80. The van der Waals surface area contributed by atoms with E-state index in [1.165, 1.54) is 60.5 Å². The summed E-state index contributed by atoms with van der Waals surface area (Å²) in [4.78, 5) is 0. The number of nitrogens with zero attached hydrogens (tertiary/aromatic N) is 2. The monoisotopic (exact) mass is 746 g/mol. The normalized spacial score (nSPS) is 11.0. The van der Waals surface area contributed by atoms with Gasteiger partial charge in [0.2, 0.25) is 0 Å². The Morgan fingerprint density at radius 2 is 0.828 bits per heavy atom. The van der Waals surface area contributed by atoms with E-state index in [4.69, 9.17) is 11.1 Å². The number of benzene rings is 9. The first-order valence-corrected chi connectivity index (χ1v) is 19.6. The number of aromatic nitrogens is 2. The molecule has 0 aliphatic carbocycles. The highest BCUT2D eigenvalue weighted by molar-refractivity contribution is 6.21. The van der Waals surface area contributed by atoms with Gasteiger partial charge < -0.3 is 14.9 Å². The molecule has 0 bridgehead atoms. The maximum Gasteiger partial charge on any atom is 0.0711 e. The average molecular weight is 747 g/mol. The summed E-state index contributed by atoms with van der Waals surface area (Å²) in [5, 5.41) is 15.7. The van der Waals surface area contributed by atoms with Crippen molar-refractivity contribution in [3.63, 3.8) is 0 Å². The highest BCUT2D eigenvalue weighted by atomic mass is 15.0. The molecule has 278 valence electrons. The molecule has 2 aromatic heterocycles. The summed E-state index contributed by atoms with van der Waals surface area (Å²) in [6, 6.07) is 75.3. The van der Waals surface area contributed by atoms with E-state index in [1.54, 1.807) is 0 Å². The smallest absolute Gasteiger partial charge is 0.0711 e. The second-order valence-corrected chi connectivity index (χ2v) is 14.4. The third-order valence-electron chi connectivity index (χ3n) is 10.7. The zero-order valence-electron chi connectivity index (χ0n) is 32.3. The lowest BCUT2D eigenvalue weighted by atomic mass is 9.95. The summed E-state index contributed by atoms with van der Waals surface area (Å²) in [6.07, 6.45) is 0. The van der Waals surface area contributed by atoms with Crippen molar-refractivity contribution >= 4 is 65.8 Å². The van der Waals surface area contributed by atoms with Crippen molar-refractivity contribution in [1.29, 1.82) is 5.41 Å². The molecular formula is C54H42N4. The molecule has 11 aromatic rings. The van der Waals surface area contributed by atoms with Crippen LogP contribution in [0.15, 0.2) is 218 Å². The lowest BCUT2D eigenvalue weighted by molar-refractivity contribution is 1.15. The van der Waals surface area contributed by atoms with Crippen molar-refractivity contribution in [3.05, 3.63) is 235 Å². The molecule has 0 fully saturated rings. The first kappa shape index (κ1) is 36.0. The van der Waals surface area contributed by atoms with Crippen LogP contribution in [0, 0.1) is 12.3 Å². The summed E-state index contributed by atoms with van der Waals surface area (Å²) in [7, 11) is 0. The molecule has 0 radical (unpaired) electrons. The number of hydrogen-bond acceptors (Lipinski definition) is 2. The van der Waals surface area contributed by atoms with Crippen LogP contribution in [-0.2, 0) is 0 Å². The van der Waals surface area contributed by atoms with Gasteiger partial charge in [0, 0.05) is 49.7 Å². The molecule has 58 heavy (non-hydrogen) atoms. The van der Waals surface area contributed by atoms with Crippen LogP contribution in [0.2, 0.25) is 0 Å². The molecule has 2 heterocycles. The van der Waals surface area contributed by atoms with E-state index >= 15 is 0 Å². The highest BCUT2D eigenvalue weighted by Crippen LogP contribution is 2.36. The van der Waals surface area contributed by atoms with Crippen LogP contribution in [0.5, 0.6) is 0 Å². The molecule has 0 atom stereocenters. The Labute approximate surface area is 338 Å². The largest absolute Gasteiger partial charge is 0.398 e. The molecular weight excluding hydrogens is 705 g/mol. The SMILES string of the molecule is Cc1ccc(-n2c3ccccc3c3ccc(-n4c5ccccc5c5ccccc54)cc32)cc1.N=C(c1ccccc1)c1c(N)ccc2ccccc12.c1ccccc1. The van der Waals surface area contributed by atoms with Gasteiger partial charge in [0.25, 0.3) is 0 Å². The van der Waals surface area contributed by atoms with E-state index in [0.29, 0.717) is 11.4 Å². The van der Waals surface area contributed by atoms with Crippen LogP contribution >= 0.6 is 0 Å². The van der Waals surface area contributed by atoms with Crippen molar-refractivity contribution in [2.45, 2.75) is 6.92 Å². The van der Waals surface area contributed by atoms with Gasteiger partial charge in [-0.25, -0.2) is 0 Å². The Morgan fingerprint density at radius 3 is 1.40 bits per heavy atom. The van der Waals surface area contributed by atoms with Crippen molar-refractivity contribution < 1.29 is 0 Å². The minimum absolute atomic E-state index is 0.468.